The number of carbonyl (C=O) groups excluding carboxylic acids is 1. The maximum absolute atomic E-state index is 12.9. The zero-order valence-electron chi connectivity index (χ0n) is 15.5. The second-order valence-electron chi connectivity index (χ2n) is 6.64. The Kier molecular flexibility index (Phi) is 5.77. The van der Waals surface area contributed by atoms with E-state index >= 15 is 0 Å². The van der Waals surface area contributed by atoms with Crippen molar-refractivity contribution in [1.82, 2.24) is 9.62 Å². The van der Waals surface area contributed by atoms with Crippen molar-refractivity contribution in [2.75, 3.05) is 13.1 Å². The van der Waals surface area contributed by atoms with Crippen LogP contribution >= 0.6 is 27.5 Å². The van der Waals surface area contributed by atoms with Gasteiger partial charge in [0.25, 0.3) is 15.9 Å². The maximum atomic E-state index is 12.9. The van der Waals surface area contributed by atoms with E-state index in [-0.39, 0.29) is 29.9 Å². The predicted molar refractivity (Wildman–Crippen MR) is 119 cm³/mol. The highest BCUT2D eigenvalue weighted by atomic mass is 79.9. The molecule has 2 aromatic rings. The number of guanidine groups is 1. The molecule has 1 N–H and O–H groups in total. The number of aliphatic imine (C=N–C) groups is 2. The number of hydrogen-bond donors (Lipinski definition) is 1. The largest absolute Gasteiger partial charge is 0.291 e. The van der Waals surface area contributed by atoms with E-state index in [4.69, 9.17) is 11.6 Å². The molecule has 30 heavy (non-hydrogen) atoms. The Morgan fingerprint density at radius 1 is 1.17 bits per heavy atom. The molecule has 1 amide bonds. The third-order valence-corrected chi connectivity index (χ3v) is 7.08. The first-order chi connectivity index (χ1) is 14.3. The highest BCUT2D eigenvalue weighted by Gasteiger charge is 2.28. The number of benzene rings is 2. The number of nitrogens with one attached hydrogen (secondary N) is 1. The SMILES string of the molecule is O=C(NC1=NCC2=CN(S(=O)(=O)c3cccc(Br)c3)CCC2=N1)c1cccc(Cl)c1. The fourth-order valence-corrected chi connectivity index (χ4v) is 5.23. The number of rotatable bonds is 3. The Balaban J connectivity index is 1.51. The van der Waals surface area contributed by atoms with E-state index < -0.39 is 10.0 Å². The van der Waals surface area contributed by atoms with Crippen LogP contribution in [0.1, 0.15) is 16.8 Å². The summed E-state index contributed by atoms with van der Waals surface area (Å²) in [5.74, 6) is -0.155. The summed E-state index contributed by atoms with van der Waals surface area (Å²) in [6, 6.07) is 13.2. The van der Waals surface area contributed by atoms with Gasteiger partial charge in [0, 0.05) is 39.8 Å². The van der Waals surface area contributed by atoms with E-state index in [1.54, 1.807) is 54.7 Å². The van der Waals surface area contributed by atoms with Gasteiger partial charge >= 0.3 is 0 Å². The average Bonchev–Trinajstić information content (AvgIpc) is 2.73. The number of fused-ring (bicyclic) bond motifs is 1. The first-order valence-corrected chi connectivity index (χ1v) is 11.6. The highest BCUT2D eigenvalue weighted by molar-refractivity contribution is 9.10. The second kappa shape index (κ2) is 8.33. The van der Waals surface area contributed by atoms with Gasteiger partial charge < -0.3 is 0 Å². The van der Waals surface area contributed by atoms with Crippen LogP contribution in [-0.2, 0) is 10.0 Å². The normalized spacial score (nSPS) is 16.2. The van der Waals surface area contributed by atoms with Crippen LogP contribution in [0.4, 0.5) is 0 Å². The van der Waals surface area contributed by atoms with Crippen LogP contribution in [0.3, 0.4) is 0 Å². The maximum Gasteiger partial charge on any atom is 0.263 e. The molecule has 0 aromatic heterocycles. The molecule has 2 heterocycles. The summed E-state index contributed by atoms with van der Waals surface area (Å²) >= 11 is 9.23. The van der Waals surface area contributed by atoms with E-state index in [9.17, 15) is 13.2 Å². The number of carbonyl (C=O) groups is 1. The molecule has 0 spiro atoms. The number of halogens is 2. The number of hydrogen-bond acceptors (Lipinski definition) is 5. The van der Waals surface area contributed by atoms with E-state index in [0.717, 1.165) is 0 Å². The Labute approximate surface area is 187 Å². The van der Waals surface area contributed by atoms with Crippen LogP contribution in [0.25, 0.3) is 0 Å². The van der Waals surface area contributed by atoms with E-state index in [0.29, 0.717) is 32.8 Å². The Morgan fingerprint density at radius 3 is 2.73 bits per heavy atom. The molecular formula is C20H16BrClN4O3S. The first kappa shape index (κ1) is 20.8. The monoisotopic (exact) mass is 506 g/mol. The summed E-state index contributed by atoms with van der Waals surface area (Å²) in [7, 11) is -3.67. The molecule has 0 saturated carbocycles. The van der Waals surface area contributed by atoms with Crippen LogP contribution in [0.2, 0.25) is 5.02 Å². The van der Waals surface area contributed by atoms with Crippen LogP contribution in [0.5, 0.6) is 0 Å². The molecule has 2 aromatic carbocycles. The molecule has 0 atom stereocenters. The number of sulfonamides is 1. The number of nitrogens with zero attached hydrogens (tertiary/aromatic N) is 3. The van der Waals surface area contributed by atoms with Crippen molar-refractivity contribution in [2.24, 2.45) is 9.98 Å². The third-order valence-electron chi connectivity index (χ3n) is 4.59. The molecule has 0 unspecified atom stereocenters. The fraction of sp³-hybridized carbons (Fsp3) is 0.150. The molecule has 2 aliphatic rings. The van der Waals surface area contributed by atoms with Gasteiger partial charge in [-0.2, -0.15) is 0 Å². The fourth-order valence-electron chi connectivity index (χ4n) is 3.10. The van der Waals surface area contributed by atoms with Gasteiger partial charge in [0.05, 0.1) is 17.2 Å². The molecule has 0 bridgehead atoms. The van der Waals surface area contributed by atoms with Gasteiger partial charge in [0.2, 0.25) is 5.96 Å². The van der Waals surface area contributed by atoms with E-state index in [1.165, 1.54) is 4.31 Å². The average molecular weight is 508 g/mol. The minimum absolute atomic E-state index is 0.204. The summed E-state index contributed by atoms with van der Waals surface area (Å²) in [6.45, 7) is 0.487. The molecular weight excluding hydrogens is 492 g/mol. The summed E-state index contributed by atoms with van der Waals surface area (Å²) in [4.78, 5) is 21.2. The molecule has 10 heteroatoms. The Hall–Kier alpha value is -2.49. The topological polar surface area (TPSA) is 91.2 Å². The minimum atomic E-state index is -3.67. The summed E-state index contributed by atoms with van der Waals surface area (Å²) in [5.41, 5.74) is 1.83. The Bertz CT molecular complexity index is 1220. The van der Waals surface area contributed by atoms with Crippen molar-refractivity contribution in [3.63, 3.8) is 0 Å². The van der Waals surface area contributed by atoms with Crippen LogP contribution < -0.4 is 5.32 Å². The van der Waals surface area contributed by atoms with E-state index in [2.05, 4.69) is 31.2 Å². The van der Waals surface area contributed by atoms with Crippen LogP contribution in [0, 0.1) is 0 Å². The van der Waals surface area contributed by atoms with Gasteiger partial charge in [-0.15, -0.1) is 0 Å². The Morgan fingerprint density at radius 2 is 1.97 bits per heavy atom. The summed E-state index contributed by atoms with van der Waals surface area (Å²) in [5, 5.41) is 3.13. The van der Waals surface area contributed by atoms with Gasteiger partial charge in [0.1, 0.15) is 0 Å². The lowest BCUT2D eigenvalue weighted by atomic mass is 10.1. The van der Waals surface area contributed by atoms with Crippen molar-refractivity contribution < 1.29 is 13.2 Å². The van der Waals surface area contributed by atoms with E-state index in [1.807, 2.05) is 0 Å². The van der Waals surface area contributed by atoms with Crippen molar-refractivity contribution in [1.29, 1.82) is 0 Å². The summed E-state index contributed by atoms with van der Waals surface area (Å²) < 4.78 is 27.9. The molecule has 7 nitrogen and oxygen atoms in total. The van der Waals surface area contributed by atoms with Crippen molar-refractivity contribution in [2.45, 2.75) is 11.3 Å². The lowest BCUT2D eigenvalue weighted by molar-refractivity contribution is 0.0976. The zero-order chi connectivity index (χ0) is 21.3. The molecule has 154 valence electrons. The second-order valence-corrected chi connectivity index (χ2v) is 9.88. The molecule has 0 saturated heterocycles. The summed E-state index contributed by atoms with van der Waals surface area (Å²) in [6.07, 6.45) is 1.99. The molecule has 4 rings (SSSR count). The molecule has 0 aliphatic carbocycles. The molecule has 2 aliphatic heterocycles. The van der Waals surface area contributed by atoms with Gasteiger partial charge in [0.15, 0.2) is 0 Å². The standard InChI is InChI=1S/C20H16BrClN4O3S/c21-15-4-2-6-17(10-15)30(28,29)26-8-7-18-14(12-26)11-23-20(24-18)25-19(27)13-3-1-5-16(22)9-13/h1-6,9-10,12H,7-8,11H2,(H,23,25,27). The lowest BCUT2D eigenvalue weighted by Crippen LogP contribution is -2.37. The van der Waals surface area contributed by atoms with Crippen LogP contribution in [-0.4, -0.2) is 43.4 Å². The van der Waals surface area contributed by atoms with Gasteiger partial charge in [-0.05, 0) is 36.4 Å². The van der Waals surface area contributed by atoms with Crippen LogP contribution in [0.15, 0.2) is 79.7 Å². The first-order valence-electron chi connectivity index (χ1n) is 9.00. The lowest BCUT2D eigenvalue weighted by Gasteiger charge is -2.28. The smallest absolute Gasteiger partial charge is 0.263 e. The number of amides is 1. The van der Waals surface area contributed by atoms with Crippen molar-refractivity contribution in [3.05, 3.63) is 75.4 Å². The predicted octanol–water partition coefficient (Wildman–Crippen LogP) is 3.62. The van der Waals surface area contributed by atoms with Gasteiger partial charge in [-0.25, -0.2) is 18.4 Å². The molecule has 0 fully saturated rings. The quantitative estimate of drug-likeness (QED) is 0.688. The third kappa shape index (κ3) is 4.33. The van der Waals surface area contributed by atoms with Crippen molar-refractivity contribution in [3.8, 4) is 0 Å². The zero-order valence-corrected chi connectivity index (χ0v) is 18.7. The van der Waals surface area contributed by atoms with Gasteiger partial charge in [-0.3, -0.25) is 14.4 Å². The highest BCUT2D eigenvalue weighted by Crippen LogP contribution is 2.25. The minimum Gasteiger partial charge on any atom is -0.291 e. The van der Waals surface area contributed by atoms with Crippen molar-refractivity contribution >= 4 is 55.1 Å². The molecule has 0 radical (unpaired) electrons. The van der Waals surface area contributed by atoms with Gasteiger partial charge in [-0.1, -0.05) is 39.7 Å².